The number of carbonyl (C=O) groups is 1. The summed E-state index contributed by atoms with van der Waals surface area (Å²) >= 11 is 0. The number of amides is 1. The highest BCUT2D eigenvalue weighted by molar-refractivity contribution is 5.83. The summed E-state index contributed by atoms with van der Waals surface area (Å²) < 4.78 is 2.04. The summed E-state index contributed by atoms with van der Waals surface area (Å²) in [6.45, 7) is 8.39. The van der Waals surface area contributed by atoms with Crippen molar-refractivity contribution in [3.05, 3.63) is 35.9 Å². The second-order valence-electron chi connectivity index (χ2n) is 6.35. The zero-order valence-electron chi connectivity index (χ0n) is 13.3. The summed E-state index contributed by atoms with van der Waals surface area (Å²) in [6, 6.07) is 3.86. The molecule has 6 heteroatoms. The number of aryl methyl sites for hydroxylation is 1. The fraction of sp³-hybridized carbons (Fsp3) is 0.500. The van der Waals surface area contributed by atoms with E-state index in [0.717, 1.165) is 24.4 Å². The van der Waals surface area contributed by atoms with Gasteiger partial charge < -0.3 is 20.4 Å². The molecule has 118 valence electrons. The number of rotatable bonds is 3. The molecule has 1 aliphatic heterocycles. The van der Waals surface area contributed by atoms with Crippen LogP contribution in [0.3, 0.4) is 0 Å². The number of fused-ring (bicyclic) bond motifs is 1. The largest absolute Gasteiger partial charge is 0.343 e. The van der Waals surface area contributed by atoms with Crippen molar-refractivity contribution in [1.29, 1.82) is 0 Å². The molecule has 2 aromatic heterocycles. The van der Waals surface area contributed by atoms with Crippen molar-refractivity contribution in [2.45, 2.75) is 32.4 Å². The first-order chi connectivity index (χ1) is 10.5. The third-order valence-corrected chi connectivity index (χ3v) is 4.13. The molecule has 0 saturated carbocycles. The van der Waals surface area contributed by atoms with E-state index < -0.39 is 5.54 Å². The Hall–Kier alpha value is -1.92. The minimum Gasteiger partial charge on any atom is -0.343 e. The van der Waals surface area contributed by atoms with Gasteiger partial charge in [-0.15, -0.1) is 0 Å². The van der Waals surface area contributed by atoms with Crippen molar-refractivity contribution in [3.8, 4) is 0 Å². The second kappa shape index (κ2) is 5.70. The predicted molar refractivity (Wildman–Crippen MR) is 85.8 cm³/mol. The molecule has 1 fully saturated rings. The molecule has 22 heavy (non-hydrogen) atoms. The number of aromatic nitrogens is 2. The number of hydrogen-bond donors (Lipinski definition) is 3. The average Bonchev–Trinajstić information content (AvgIpc) is 2.94. The zero-order chi connectivity index (χ0) is 15.7. The average molecular weight is 301 g/mol. The SMILES string of the molecule is Cc1cccn2c(C(C)(C)NC(=O)C3CNCCN3)ncc12. The molecule has 6 nitrogen and oxygen atoms in total. The Balaban J connectivity index is 1.84. The highest BCUT2D eigenvalue weighted by Crippen LogP contribution is 2.22. The molecule has 1 saturated heterocycles. The lowest BCUT2D eigenvalue weighted by Crippen LogP contribution is -2.58. The van der Waals surface area contributed by atoms with Gasteiger partial charge in [0.1, 0.15) is 5.82 Å². The van der Waals surface area contributed by atoms with E-state index in [2.05, 4.69) is 33.9 Å². The number of imidazole rings is 1. The van der Waals surface area contributed by atoms with Crippen LogP contribution < -0.4 is 16.0 Å². The first-order valence-electron chi connectivity index (χ1n) is 7.68. The Labute approximate surface area is 130 Å². The van der Waals surface area contributed by atoms with Crippen LogP contribution in [0.25, 0.3) is 5.52 Å². The molecule has 0 radical (unpaired) electrons. The smallest absolute Gasteiger partial charge is 0.239 e. The van der Waals surface area contributed by atoms with Gasteiger partial charge in [0.05, 0.1) is 23.3 Å². The molecule has 1 atom stereocenters. The van der Waals surface area contributed by atoms with Crippen LogP contribution in [-0.2, 0) is 10.3 Å². The molecule has 1 aliphatic rings. The Morgan fingerprint density at radius 1 is 1.45 bits per heavy atom. The van der Waals surface area contributed by atoms with Gasteiger partial charge in [-0.05, 0) is 32.4 Å². The molecule has 3 N–H and O–H groups in total. The van der Waals surface area contributed by atoms with Crippen LogP contribution in [0.1, 0.15) is 25.2 Å². The maximum atomic E-state index is 12.5. The van der Waals surface area contributed by atoms with Gasteiger partial charge in [0.15, 0.2) is 0 Å². The highest BCUT2D eigenvalue weighted by Gasteiger charge is 2.31. The molecule has 1 unspecified atom stereocenters. The van der Waals surface area contributed by atoms with Crippen LogP contribution in [0.5, 0.6) is 0 Å². The van der Waals surface area contributed by atoms with Crippen molar-refractivity contribution in [2.24, 2.45) is 0 Å². The van der Waals surface area contributed by atoms with Gasteiger partial charge >= 0.3 is 0 Å². The lowest BCUT2D eigenvalue weighted by atomic mass is 10.0. The van der Waals surface area contributed by atoms with E-state index in [4.69, 9.17) is 0 Å². The van der Waals surface area contributed by atoms with Crippen LogP contribution in [0.15, 0.2) is 24.5 Å². The van der Waals surface area contributed by atoms with Crippen molar-refractivity contribution in [3.63, 3.8) is 0 Å². The van der Waals surface area contributed by atoms with E-state index in [1.807, 2.05) is 36.7 Å². The molecule has 1 amide bonds. The third-order valence-electron chi connectivity index (χ3n) is 4.13. The van der Waals surface area contributed by atoms with E-state index in [-0.39, 0.29) is 11.9 Å². The molecular weight excluding hydrogens is 278 g/mol. The van der Waals surface area contributed by atoms with Gasteiger partial charge in [-0.25, -0.2) is 4.98 Å². The summed E-state index contributed by atoms with van der Waals surface area (Å²) in [4.78, 5) is 17.0. The van der Waals surface area contributed by atoms with E-state index >= 15 is 0 Å². The quantitative estimate of drug-likeness (QED) is 0.774. The topological polar surface area (TPSA) is 70.5 Å². The van der Waals surface area contributed by atoms with Crippen molar-refractivity contribution < 1.29 is 4.79 Å². The van der Waals surface area contributed by atoms with Crippen molar-refractivity contribution in [1.82, 2.24) is 25.3 Å². The van der Waals surface area contributed by atoms with E-state index in [9.17, 15) is 4.79 Å². The fourth-order valence-electron chi connectivity index (χ4n) is 2.91. The first-order valence-corrected chi connectivity index (χ1v) is 7.68. The Morgan fingerprint density at radius 2 is 2.27 bits per heavy atom. The summed E-state index contributed by atoms with van der Waals surface area (Å²) in [7, 11) is 0. The molecule has 0 aliphatic carbocycles. The molecule has 0 bridgehead atoms. The maximum absolute atomic E-state index is 12.5. The lowest BCUT2D eigenvalue weighted by molar-refractivity contribution is -0.125. The van der Waals surface area contributed by atoms with Crippen molar-refractivity contribution in [2.75, 3.05) is 19.6 Å². The van der Waals surface area contributed by atoms with Gasteiger partial charge in [-0.3, -0.25) is 4.79 Å². The second-order valence-corrected chi connectivity index (χ2v) is 6.35. The summed E-state index contributed by atoms with van der Waals surface area (Å²) in [5, 5.41) is 9.58. The fourth-order valence-corrected chi connectivity index (χ4v) is 2.91. The van der Waals surface area contributed by atoms with Crippen LogP contribution in [0, 0.1) is 6.92 Å². The molecule has 3 heterocycles. The zero-order valence-corrected chi connectivity index (χ0v) is 13.3. The summed E-state index contributed by atoms with van der Waals surface area (Å²) in [5.74, 6) is 0.838. The summed E-state index contributed by atoms with van der Waals surface area (Å²) in [6.07, 6.45) is 3.85. The molecular formula is C16H23N5O. The number of pyridine rings is 1. The van der Waals surface area contributed by atoms with E-state index in [1.165, 1.54) is 5.56 Å². The summed E-state index contributed by atoms with van der Waals surface area (Å²) in [5.41, 5.74) is 1.69. The third kappa shape index (κ3) is 2.71. The maximum Gasteiger partial charge on any atom is 0.239 e. The van der Waals surface area contributed by atoms with Crippen LogP contribution in [0.2, 0.25) is 0 Å². The van der Waals surface area contributed by atoms with E-state index in [0.29, 0.717) is 6.54 Å². The first kappa shape index (κ1) is 15.0. The molecule has 0 aromatic carbocycles. The van der Waals surface area contributed by atoms with Crippen LogP contribution in [-0.4, -0.2) is 41.0 Å². The van der Waals surface area contributed by atoms with Gasteiger partial charge in [-0.2, -0.15) is 0 Å². The number of nitrogens with one attached hydrogen (secondary N) is 3. The minimum atomic E-state index is -0.545. The Kier molecular flexibility index (Phi) is 3.88. The molecule has 2 aromatic rings. The van der Waals surface area contributed by atoms with Gasteiger partial charge in [0.2, 0.25) is 5.91 Å². The predicted octanol–water partition coefficient (Wildman–Crippen LogP) is 0.555. The molecule has 3 rings (SSSR count). The van der Waals surface area contributed by atoms with Gasteiger partial charge in [0, 0.05) is 25.8 Å². The highest BCUT2D eigenvalue weighted by atomic mass is 16.2. The standard InChI is InChI=1S/C16H23N5O/c1-11-5-4-8-21-13(11)10-19-15(21)16(2,3)20-14(22)12-9-17-6-7-18-12/h4-5,8,10,12,17-18H,6-7,9H2,1-3H3,(H,20,22). The van der Waals surface area contributed by atoms with E-state index in [1.54, 1.807) is 0 Å². The van der Waals surface area contributed by atoms with Crippen LogP contribution in [0.4, 0.5) is 0 Å². The molecule has 0 spiro atoms. The van der Waals surface area contributed by atoms with Gasteiger partial charge in [-0.1, -0.05) is 6.07 Å². The number of hydrogen-bond acceptors (Lipinski definition) is 4. The lowest BCUT2D eigenvalue weighted by Gasteiger charge is -2.30. The number of piperazine rings is 1. The number of nitrogens with zero attached hydrogens (tertiary/aromatic N) is 2. The normalized spacial score (nSPS) is 19.3. The van der Waals surface area contributed by atoms with Crippen LogP contribution >= 0.6 is 0 Å². The van der Waals surface area contributed by atoms with Crippen molar-refractivity contribution >= 4 is 11.4 Å². The Bertz CT molecular complexity index is 685. The minimum absolute atomic E-state index is 0.00148. The number of carbonyl (C=O) groups excluding carboxylic acids is 1. The Morgan fingerprint density at radius 3 is 3.00 bits per heavy atom. The monoisotopic (exact) mass is 301 g/mol. The van der Waals surface area contributed by atoms with Gasteiger partial charge in [0.25, 0.3) is 0 Å².